The Balaban J connectivity index is 1.62. The number of thioether (sulfide) groups is 1. The first-order chi connectivity index (χ1) is 14.7. The molecule has 1 fully saturated rings. The molecule has 1 atom stereocenters. The SMILES string of the molecule is CC(C)CSc1nnc(NC(=O)[C@@H]2CCCN(S(=O)(=O)Cc3c(Cl)cccc3Cl)C2)s1. The van der Waals surface area contributed by atoms with Crippen LogP contribution in [0.3, 0.4) is 0 Å². The average Bonchev–Trinajstić information content (AvgIpc) is 3.17. The molecule has 0 unspecified atom stereocenters. The van der Waals surface area contributed by atoms with E-state index in [4.69, 9.17) is 23.2 Å². The number of rotatable bonds is 8. The summed E-state index contributed by atoms with van der Waals surface area (Å²) in [5, 5.41) is 12.0. The first-order valence-corrected chi connectivity index (χ1v) is 14.0. The minimum absolute atomic E-state index is 0.115. The van der Waals surface area contributed by atoms with Crippen LogP contribution in [0.1, 0.15) is 32.3 Å². The van der Waals surface area contributed by atoms with Crippen molar-refractivity contribution in [3.63, 3.8) is 0 Å². The first-order valence-electron chi connectivity index (χ1n) is 9.83. The molecule has 1 aliphatic heterocycles. The standard InChI is InChI=1S/C19H24Cl2N4O3S3/c1-12(2)10-29-19-24-23-18(30-19)22-17(26)13-5-4-8-25(9-13)31(27,28)11-14-15(20)6-3-7-16(14)21/h3,6-7,12-13H,4-5,8-11H2,1-2H3,(H,22,23,26)/t13-/m1/s1. The molecular formula is C19H24Cl2N4O3S3. The fraction of sp³-hybridized carbons (Fsp3) is 0.526. The molecule has 0 spiro atoms. The molecule has 1 aromatic heterocycles. The Bertz CT molecular complexity index is 1010. The molecule has 0 aliphatic carbocycles. The van der Waals surface area contributed by atoms with Crippen molar-refractivity contribution in [2.45, 2.75) is 36.8 Å². The predicted molar refractivity (Wildman–Crippen MR) is 127 cm³/mol. The number of benzene rings is 1. The lowest BCUT2D eigenvalue weighted by molar-refractivity contribution is -0.120. The van der Waals surface area contributed by atoms with E-state index >= 15 is 0 Å². The van der Waals surface area contributed by atoms with Gasteiger partial charge in [-0.15, -0.1) is 10.2 Å². The van der Waals surface area contributed by atoms with Gasteiger partial charge in [0.15, 0.2) is 4.34 Å². The second-order valence-electron chi connectivity index (χ2n) is 7.72. The van der Waals surface area contributed by atoms with Gasteiger partial charge in [0.25, 0.3) is 0 Å². The zero-order valence-corrected chi connectivity index (χ0v) is 21.1. The van der Waals surface area contributed by atoms with E-state index in [2.05, 4.69) is 29.4 Å². The monoisotopic (exact) mass is 522 g/mol. The summed E-state index contributed by atoms with van der Waals surface area (Å²) in [7, 11) is -3.68. The minimum atomic E-state index is -3.68. The molecule has 0 radical (unpaired) electrons. The van der Waals surface area contributed by atoms with E-state index in [0.29, 0.717) is 46.0 Å². The number of aromatic nitrogens is 2. The van der Waals surface area contributed by atoms with Crippen LogP contribution in [0, 0.1) is 11.8 Å². The lowest BCUT2D eigenvalue weighted by Gasteiger charge is -2.31. The number of piperidine rings is 1. The number of carbonyl (C=O) groups is 1. The summed E-state index contributed by atoms with van der Waals surface area (Å²) in [4.78, 5) is 12.7. The van der Waals surface area contributed by atoms with Crippen LogP contribution >= 0.6 is 46.3 Å². The highest BCUT2D eigenvalue weighted by Crippen LogP contribution is 2.30. The van der Waals surface area contributed by atoms with Crippen LogP contribution in [0.4, 0.5) is 5.13 Å². The summed E-state index contributed by atoms with van der Waals surface area (Å²) >= 11 is 15.2. The molecule has 1 saturated heterocycles. The third kappa shape index (κ3) is 6.79. The molecule has 31 heavy (non-hydrogen) atoms. The topological polar surface area (TPSA) is 92.3 Å². The minimum Gasteiger partial charge on any atom is -0.300 e. The van der Waals surface area contributed by atoms with Crippen LogP contribution in [-0.4, -0.2) is 47.7 Å². The Kier molecular flexibility index (Phi) is 8.62. The lowest BCUT2D eigenvalue weighted by atomic mass is 9.99. The zero-order valence-electron chi connectivity index (χ0n) is 17.2. The Morgan fingerprint density at radius 3 is 2.71 bits per heavy atom. The number of nitrogens with zero attached hydrogens (tertiary/aromatic N) is 3. The van der Waals surface area contributed by atoms with E-state index in [9.17, 15) is 13.2 Å². The number of carbonyl (C=O) groups excluding carboxylic acids is 1. The number of sulfonamides is 1. The van der Waals surface area contributed by atoms with Crippen molar-refractivity contribution < 1.29 is 13.2 Å². The number of hydrogen-bond acceptors (Lipinski definition) is 7. The van der Waals surface area contributed by atoms with Crippen molar-refractivity contribution in [1.82, 2.24) is 14.5 Å². The highest BCUT2D eigenvalue weighted by Gasteiger charge is 2.33. The quantitative estimate of drug-likeness (QED) is 0.396. The maximum Gasteiger partial charge on any atom is 0.230 e. The molecule has 0 bridgehead atoms. The van der Waals surface area contributed by atoms with Gasteiger partial charge in [-0.3, -0.25) is 4.79 Å². The van der Waals surface area contributed by atoms with Gasteiger partial charge in [0.2, 0.25) is 21.1 Å². The van der Waals surface area contributed by atoms with Crippen LogP contribution < -0.4 is 5.32 Å². The lowest BCUT2D eigenvalue weighted by Crippen LogP contribution is -2.44. The van der Waals surface area contributed by atoms with Gasteiger partial charge in [-0.2, -0.15) is 0 Å². The van der Waals surface area contributed by atoms with Crippen LogP contribution in [-0.2, 0) is 20.6 Å². The summed E-state index contributed by atoms with van der Waals surface area (Å²) in [6.07, 6.45) is 1.21. The normalized spacial score (nSPS) is 17.8. The van der Waals surface area contributed by atoms with Gasteiger partial charge in [-0.1, -0.05) is 66.2 Å². The van der Waals surface area contributed by atoms with Crippen molar-refractivity contribution >= 4 is 67.4 Å². The number of amides is 1. The molecule has 1 aromatic carbocycles. The summed E-state index contributed by atoms with van der Waals surface area (Å²) in [5.41, 5.74) is 0.373. The fourth-order valence-corrected chi connectivity index (χ4v) is 7.21. The highest BCUT2D eigenvalue weighted by molar-refractivity contribution is 8.01. The Hall–Kier alpha value is -0.910. The molecule has 2 heterocycles. The van der Waals surface area contributed by atoms with Crippen LogP contribution in [0.25, 0.3) is 0 Å². The number of nitrogens with one attached hydrogen (secondary N) is 1. The van der Waals surface area contributed by atoms with E-state index < -0.39 is 15.9 Å². The highest BCUT2D eigenvalue weighted by atomic mass is 35.5. The molecule has 0 saturated carbocycles. The average molecular weight is 524 g/mol. The zero-order chi connectivity index (χ0) is 22.6. The van der Waals surface area contributed by atoms with Crippen LogP contribution in [0.5, 0.6) is 0 Å². The third-order valence-electron chi connectivity index (χ3n) is 4.71. The Morgan fingerprint density at radius 1 is 1.32 bits per heavy atom. The van der Waals surface area contributed by atoms with Crippen molar-refractivity contribution in [3.05, 3.63) is 33.8 Å². The van der Waals surface area contributed by atoms with E-state index in [-0.39, 0.29) is 18.2 Å². The number of hydrogen-bond donors (Lipinski definition) is 1. The van der Waals surface area contributed by atoms with Gasteiger partial charge in [0, 0.05) is 34.5 Å². The molecular weight excluding hydrogens is 499 g/mol. The molecule has 170 valence electrons. The maximum absolute atomic E-state index is 13.0. The number of halogens is 2. The Labute approximate surface area is 201 Å². The summed E-state index contributed by atoms with van der Waals surface area (Å²) in [5.74, 6) is 0.455. The van der Waals surface area contributed by atoms with Crippen molar-refractivity contribution in [2.75, 3.05) is 24.2 Å². The van der Waals surface area contributed by atoms with E-state index in [1.54, 1.807) is 30.0 Å². The van der Waals surface area contributed by atoms with Gasteiger partial charge < -0.3 is 5.32 Å². The van der Waals surface area contributed by atoms with Gasteiger partial charge in [0.1, 0.15) is 0 Å². The summed E-state index contributed by atoms with van der Waals surface area (Å²) < 4.78 is 28.1. The van der Waals surface area contributed by atoms with E-state index in [1.165, 1.54) is 15.6 Å². The Morgan fingerprint density at radius 2 is 2.03 bits per heavy atom. The maximum atomic E-state index is 13.0. The predicted octanol–water partition coefficient (Wildman–Crippen LogP) is 4.77. The summed E-state index contributed by atoms with van der Waals surface area (Å²) in [6.45, 7) is 4.73. The molecule has 1 aliphatic rings. The van der Waals surface area contributed by atoms with E-state index in [0.717, 1.165) is 10.1 Å². The second-order valence-corrected chi connectivity index (χ2v) is 12.7. The molecule has 1 amide bonds. The van der Waals surface area contributed by atoms with Crippen LogP contribution in [0.2, 0.25) is 10.0 Å². The smallest absolute Gasteiger partial charge is 0.230 e. The summed E-state index contributed by atoms with van der Waals surface area (Å²) in [6, 6.07) is 4.89. The van der Waals surface area contributed by atoms with Gasteiger partial charge >= 0.3 is 0 Å². The molecule has 3 rings (SSSR count). The molecule has 12 heteroatoms. The third-order valence-corrected chi connectivity index (χ3v) is 9.59. The van der Waals surface area contributed by atoms with Crippen molar-refractivity contribution in [1.29, 1.82) is 0 Å². The van der Waals surface area contributed by atoms with Crippen molar-refractivity contribution in [2.24, 2.45) is 11.8 Å². The second kappa shape index (κ2) is 10.8. The van der Waals surface area contributed by atoms with Gasteiger partial charge in [0.05, 0.1) is 11.7 Å². The fourth-order valence-electron chi connectivity index (χ4n) is 3.12. The first kappa shape index (κ1) is 24.7. The van der Waals surface area contributed by atoms with Crippen LogP contribution in [0.15, 0.2) is 22.5 Å². The van der Waals surface area contributed by atoms with Gasteiger partial charge in [-0.25, -0.2) is 12.7 Å². The largest absolute Gasteiger partial charge is 0.300 e. The molecule has 2 aromatic rings. The van der Waals surface area contributed by atoms with Gasteiger partial charge in [-0.05, 0) is 30.9 Å². The number of anilines is 1. The van der Waals surface area contributed by atoms with Crippen molar-refractivity contribution in [3.8, 4) is 0 Å². The molecule has 1 N–H and O–H groups in total. The van der Waals surface area contributed by atoms with E-state index in [1.807, 2.05) is 0 Å². The molecule has 7 nitrogen and oxygen atoms in total.